The molecule has 2 N–H and O–H groups in total. The lowest BCUT2D eigenvalue weighted by molar-refractivity contribution is -0.136. The lowest BCUT2D eigenvalue weighted by Gasteiger charge is -2.14. The number of rotatable bonds is 4. The van der Waals surface area contributed by atoms with Gasteiger partial charge in [0.2, 0.25) is 0 Å². The summed E-state index contributed by atoms with van der Waals surface area (Å²) in [6.45, 7) is 0. The van der Waals surface area contributed by atoms with E-state index in [1.807, 2.05) is 0 Å². The van der Waals surface area contributed by atoms with E-state index in [9.17, 15) is 18.0 Å². The van der Waals surface area contributed by atoms with Crippen LogP contribution >= 0.6 is 11.6 Å². The van der Waals surface area contributed by atoms with Gasteiger partial charge in [-0.2, -0.15) is 13.2 Å². The molecule has 26 heavy (non-hydrogen) atoms. The van der Waals surface area contributed by atoms with Gasteiger partial charge in [-0.05, 0) is 31.0 Å². The van der Waals surface area contributed by atoms with Gasteiger partial charge in [-0.25, -0.2) is 9.97 Å². The highest BCUT2D eigenvalue weighted by molar-refractivity contribution is 6.30. The summed E-state index contributed by atoms with van der Waals surface area (Å²) in [5, 5.41) is 5.42. The van der Waals surface area contributed by atoms with E-state index < -0.39 is 11.7 Å². The molecule has 1 fully saturated rings. The van der Waals surface area contributed by atoms with Gasteiger partial charge in [0.1, 0.15) is 11.5 Å². The molecule has 1 aliphatic rings. The summed E-state index contributed by atoms with van der Waals surface area (Å²) in [5.41, 5.74) is -0.983. The van der Waals surface area contributed by atoms with Crippen molar-refractivity contribution >= 4 is 29.0 Å². The van der Waals surface area contributed by atoms with Gasteiger partial charge in [0.05, 0.1) is 23.6 Å². The summed E-state index contributed by atoms with van der Waals surface area (Å²) in [4.78, 5) is 20.1. The summed E-state index contributed by atoms with van der Waals surface area (Å²) in [6.07, 6.45) is 1.94. The molecule has 0 bridgehead atoms. The Hall–Kier alpha value is -2.35. The topological polar surface area (TPSA) is 66.9 Å². The van der Waals surface area contributed by atoms with Crippen molar-refractivity contribution in [3.8, 4) is 0 Å². The zero-order chi connectivity index (χ0) is 18.7. The molecule has 1 aliphatic carbocycles. The van der Waals surface area contributed by atoms with Gasteiger partial charge in [0, 0.05) is 11.1 Å². The largest absolute Gasteiger partial charge is 0.418 e. The number of hydrogen-bond acceptors (Lipinski definition) is 4. The minimum Gasteiger partial charge on any atom is -0.348 e. The van der Waals surface area contributed by atoms with Crippen LogP contribution in [-0.2, 0) is 6.18 Å². The molecule has 9 heteroatoms. The molecule has 0 radical (unpaired) electrons. The number of nitrogens with zero attached hydrogens (tertiary/aromatic N) is 2. The second-order valence-corrected chi connectivity index (χ2v) is 6.49. The third-order valence-corrected chi connectivity index (χ3v) is 4.36. The summed E-state index contributed by atoms with van der Waals surface area (Å²) >= 11 is 5.65. The van der Waals surface area contributed by atoms with Gasteiger partial charge in [0.15, 0.2) is 0 Å². The monoisotopic (exact) mass is 384 g/mol. The molecule has 1 aromatic heterocycles. The number of benzene rings is 1. The fraction of sp³-hybridized carbons (Fsp3) is 0.353. The first-order chi connectivity index (χ1) is 12.3. The number of alkyl halides is 3. The highest BCUT2D eigenvalue weighted by Crippen LogP contribution is 2.37. The van der Waals surface area contributed by atoms with Crippen LogP contribution in [0.1, 0.15) is 41.7 Å². The number of aromatic nitrogens is 2. The quantitative estimate of drug-likeness (QED) is 0.810. The number of hydrogen-bond donors (Lipinski definition) is 2. The fourth-order valence-corrected chi connectivity index (χ4v) is 3.01. The van der Waals surface area contributed by atoms with Crippen molar-refractivity contribution < 1.29 is 18.0 Å². The molecule has 0 aliphatic heterocycles. The first-order valence-corrected chi connectivity index (χ1v) is 8.47. The molecular weight excluding hydrogens is 369 g/mol. The molecule has 1 heterocycles. The van der Waals surface area contributed by atoms with E-state index in [0.717, 1.165) is 31.7 Å². The van der Waals surface area contributed by atoms with E-state index in [-0.39, 0.29) is 34.2 Å². The number of amides is 1. The van der Waals surface area contributed by atoms with Gasteiger partial charge in [-0.3, -0.25) is 4.79 Å². The van der Waals surface area contributed by atoms with E-state index in [1.165, 1.54) is 24.5 Å². The van der Waals surface area contributed by atoms with Crippen LogP contribution < -0.4 is 10.6 Å². The molecule has 1 amide bonds. The van der Waals surface area contributed by atoms with Gasteiger partial charge >= 0.3 is 6.18 Å². The van der Waals surface area contributed by atoms with Crippen molar-refractivity contribution in [3.05, 3.63) is 46.9 Å². The predicted molar refractivity (Wildman–Crippen MR) is 91.5 cm³/mol. The van der Waals surface area contributed by atoms with Crippen molar-refractivity contribution in [3.63, 3.8) is 0 Å². The maximum atomic E-state index is 13.1. The summed E-state index contributed by atoms with van der Waals surface area (Å²) < 4.78 is 39.3. The van der Waals surface area contributed by atoms with Crippen LogP contribution in [0.25, 0.3) is 0 Å². The zero-order valence-corrected chi connectivity index (χ0v) is 14.4. The normalized spacial score (nSPS) is 15.1. The van der Waals surface area contributed by atoms with Crippen LogP contribution in [0.5, 0.6) is 0 Å². The highest BCUT2D eigenvalue weighted by Gasteiger charge is 2.34. The lowest BCUT2D eigenvalue weighted by atomic mass is 10.1. The van der Waals surface area contributed by atoms with Crippen LogP contribution in [0.4, 0.5) is 24.7 Å². The summed E-state index contributed by atoms with van der Waals surface area (Å²) in [6, 6.07) is 3.54. The number of carbonyl (C=O) groups excluding carboxylic acids is 1. The molecular formula is C17H16ClF3N4O. The SMILES string of the molecule is O=C(NC1CCCC1)c1cnc(Nc2ccc(Cl)cc2C(F)(F)F)cn1. The molecule has 0 atom stereocenters. The van der Waals surface area contributed by atoms with Crippen LogP contribution in [0.15, 0.2) is 30.6 Å². The van der Waals surface area contributed by atoms with E-state index in [2.05, 4.69) is 20.6 Å². The molecule has 2 aromatic rings. The first-order valence-electron chi connectivity index (χ1n) is 8.09. The first kappa shape index (κ1) is 18.4. The predicted octanol–water partition coefficient (Wildman–Crippen LogP) is 4.56. The number of halogens is 4. The van der Waals surface area contributed by atoms with Crippen LogP contribution in [0, 0.1) is 0 Å². The molecule has 1 aromatic carbocycles. The van der Waals surface area contributed by atoms with Crippen molar-refractivity contribution in [1.82, 2.24) is 15.3 Å². The standard InChI is InChI=1S/C17H16ClF3N4O/c18-10-5-6-13(12(7-10)17(19,20)21)25-15-9-22-14(8-23-15)16(26)24-11-3-1-2-4-11/h5-9,11H,1-4H2,(H,23,25)(H,24,26). The fourth-order valence-electron chi connectivity index (χ4n) is 2.84. The Labute approximate surface area is 153 Å². The van der Waals surface area contributed by atoms with E-state index in [1.54, 1.807) is 0 Å². The van der Waals surface area contributed by atoms with Crippen molar-refractivity contribution in [2.45, 2.75) is 37.9 Å². The van der Waals surface area contributed by atoms with E-state index >= 15 is 0 Å². The summed E-state index contributed by atoms with van der Waals surface area (Å²) in [7, 11) is 0. The molecule has 3 rings (SSSR count). The Balaban J connectivity index is 1.72. The third-order valence-electron chi connectivity index (χ3n) is 4.12. The Bertz CT molecular complexity index is 790. The second kappa shape index (κ2) is 7.49. The van der Waals surface area contributed by atoms with Crippen LogP contribution in [0.2, 0.25) is 5.02 Å². The van der Waals surface area contributed by atoms with E-state index in [4.69, 9.17) is 11.6 Å². The minimum atomic E-state index is -4.57. The minimum absolute atomic E-state index is 0.0205. The van der Waals surface area contributed by atoms with Gasteiger partial charge in [-0.15, -0.1) is 0 Å². The molecule has 5 nitrogen and oxygen atoms in total. The maximum Gasteiger partial charge on any atom is 0.418 e. The van der Waals surface area contributed by atoms with Gasteiger partial charge < -0.3 is 10.6 Å². The smallest absolute Gasteiger partial charge is 0.348 e. The molecule has 0 saturated heterocycles. The van der Waals surface area contributed by atoms with Crippen molar-refractivity contribution in [2.75, 3.05) is 5.32 Å². The summed E-state index contributed by atoms with van der Waals surface area (Å²) in [5.74, 6) is -0.242. The van der Waals surface area contributed by atoms with Gasteiger partial charge in [-0.1, -0.05) is 24.4 Å². The average Bonchev–Trinajstić information content (AvgIpc) is 3.09. The molecule has 0 spiro atoms. The van der Waals surface area contributed by atoms with Crippen molar-refractivity contribution in [2.24, 2.45) is 0 Å². The van der Waals surface area contributed by atoms with Crippen LogP contribution in [0.3, 0.4) is 0 Å². The highest BCUT2D eigenvalue weighted by atomic mass is 35.5. The van der Waals surface area contributed by atoms with Crippen molar-refractivity contribution in [1.29, 1.82) is 0 Å². The number of nitrogens with one attached hydrogen (secondary N) is 2. The second-order valence-electron chi connectivity index (χ2n) is 6.05. The molecule has 138 valence electrons. The van der Waals surface area contributed by atoms with E-state index in [0.29, 0.717) is 0 Å². The Morgan fingerprint density at radius 1 is 1.15 bits per heavy atom. The number of anilines is 2. The zero-order valence-electron chi connectivity index (χ0n) is 13.6. The number of carbonyl (C=O) groups is 1. The maximum absolute atomic E-state index is 13.1. The molecule has 1 saturated carbocycles. The third kappa shape index (κ3) is 4.43. The van der Waals surface area contributed by atoms with Crippen LogP contribution in [-0.4, -0.2) is 21.9 Å². The molecule has 0 unspecified atom stereocenters. The van der Waals surface area contributed by atoms with Gasteiger partial charge in [0.25, 0.3) is 5.91 Å². The Kier molecular flexibility index (Phi) is 5.31. The Morgan fingerprint density at radius 3 is 2.50 bits per heavy atom. The lowest BCUT2D eigenvalue weighted by Crippen LogP contribution is -2.33. The average molecular weight is 385 g/mol. The Morgan fingerprint density at radius 2 is 1.88 bits per heavy atom.